The molecule has 0 aliphatic carbocycles. The molecule has 6 heteroatoms. The summed E-state index contributed by atoms with van der Waals surface area (Å²) < 4.78 is 2.72. The molecule has 0 radical (unpaired) electrons. The van der Waals surface area contributed by atoms with Gasteiger partial charge in [0.1, 0.15) is 0 Å². The molecule has 1 N–H and O–H groups in total. The number of hydrogen-bond donors (Lipinski definition) is 1. The molecule has 0 saturated heterocycles. The fourth-order valence-electron chi connectivity index (χ4n) is 1.97. The molecule has 2 aromatic rings. The van der Waals surface area contributed by atoms with E-state index in [1.807, 2.05) is 36.0 Å². The van der Waals surface area contributed by atoms with Gasteiger partial charge in [-0.1, -0.05) is 15.9 Å². The normalized spacial score (nSPS) is 10.6. The van der Waals surface area contributed by atoms with Crippen LogP contribution in [-0.4, -0.2) is 16.5 Å². The fraction of sp³-hybridized carbons (Fsp3) is 0.231. The van der Waals surface area contributed by atoms with Crippen LogP contribution < -0.4 is 5.32 Å². The highest BCUT2D eigenvalue weighted by Crippen LogP contribution is 2.24. The second-order valence-corrected chi connectivity index (χ2v) is 5.10. The van der Waals surface area contributed by atoms with Crippen LogP contribution in [0.1, 0.15) is 11.3 Å². The molecule has 0 spiro atoms. The summed E-state index contributed by atoms with van der Waals surface area (Å²) in [5.41, 5.74) is 1.93. The molecule has 0 aliphatic heterocycles. The van der Waals surface area contributed by atoms with Crippen molar-refractivity contribution in [3.8, 4) is 0 Å². The minimum atomic E-state index is -0.346. The smallest absolute Gasteiger partial charge is 0.275 e. The number of aromatic nitrogens is 1. The lowest BCUT2D eigenvalue weighted by Crippen LogP contribution is -2.12. The van der Waals surface area contributed by atoms with Gasteiger partial charge in [0.25, 0.3) is 5.69 Å². The average molecular weight is 324 g/mol. The molecule has 0 amide bonds. The number of rotatable bonds is 5. The van der Waals surface area contributed by atoms with Crippen LogP contribution in [0.15, 0.2) is 41.0 Å². The van der Waals surface area contributed by atoms with Crippen molar-refractivity contribution in [3.63, 3.8) is 0 Å². The van der Waals surface area contributed by atoms with Gasteiger partial charge in [0, 0.05) is 34.5 Å². The molecule has 0 aliphatic rings. The first-order valence-corrected chi connectivity index (χ1v) is 6.62. The Balaban J connectivity index is 2.32. The number of benzene rings is 1. The Labute approximate surface area is 119 Å². The van der Waals surface area contributed by atoms with Crippen molar-refractivity contribution in [1.82, 2.24) is 9.88 Å². The van der Waals surface area contributed by atoms with E-state index in [9.17, 15) is 10.1 Å². The van der Waals surface area contributed by atoms with E-state index < -0.39 is 0 Å². The first kappa shape index (κ1) is 13.8. The molecule has 1 heterocycles. The van der Waals surface area contributed by atoms with E-state index in [2.05, 4.69) is 21.2 Å². The Bertz CT molecular complexity index is 595. The quantitative estimate of drug-likeness (QED) is 0.679. The summed E-state index contributed by atoms with van der Waals surface area (Å²) in [6.45, 7) is 1.23. The summed E-state index contributed by atoms with van der Waals surface area (Å²) in [6.07, 6.45) is 1.93. The van der Waals surface area contributed by atoms with Gasteiger partial charge in [0.2, 0.25) is 0 Å². The lowest BCUT2D eigenvalue weighted by molar-refractivity contribution is -0.385. The van der Waals surface area contributed by atoms with Gasteiger partial charge < -0.3 is 9.88 Å². The van der Waals surface area contributed by atoms with E-state index in [0.717, 1.165) is 12.2 Å². The topological polar surface area (TPSA) is 60.1 Å². The first-order chi connectivity index (χ1) is 9.11. The highest BCUT2D eigenvalue weighted by atomic mass is 79.9. The van der Waals surface area contributed by atoms with Crippen LogP contribution in [0.5, 0.6) is 0 Å². The molecule has 0 bridgehead atoms. The lowest BCUT2D eigenvalue weighted by Gasteiger charge is -2.09. The van der Waals surface area contributed by atoms with Gasteiger partial charge in [-0.2, -0.15) is 0 Å². The third kappa shape index (κ3) is 3.21. The maximum Gasteiger partial charge on any atom is 0.275 e. The van der Waals surface area contributed by atoms with Gasteiger partial charge in [-0.25, -0.2) is 0 Å². The van der Waals surface area contributed by atoms with Crippen molar-refractivity contribution in [3.05, 3.63) is 62.4 Å². The number of hydrogen-bond acceptors (Lipinski definition) is 3. The zero-order chi connectivity index (χ0) is 13.8. The molecule has 19 heavy (non-hydrogen) atoms. The Morgan fingerprint density at radius 3 is 2.89 bits per heavy atom. The second-order valence-electron chi connectivity index (χ2n) is 4.19. The number of nitro benzene ring substituents is 1. The van der Waals surface area contributed by atoms with E-state index in [1.165, 1.54) is 6.07 Å². The molecule has 5 nitrogen and oxygen atoms in total. The molecule has 100 valence electrons. The molecule has 0 saturated carbocycles. The van der Waals surface area contributed by atoms with Crippen molar-refractivity contribution in [1.29, 1.82) is 0 Å². The predicted molar refractivity (Wildman–Crippen MR) is 77.1 cm³/mol. The van der Waals surface area contributed by atoms with Crippen LogP contribution in [0, 0.1) is 10.1 Å². The molecule has 2 rings (SSSR count). The molecule has 1 aromatic heterocycles. The third-order valence-corrected chi connectivity index (χ3v) is 3.36. The van der Waals surface area contributed by atoms with Gasteiger partial charge in [0.05, 0.1) is 11.5 Å². The van der Waals surface area contributed by atoms with Crippen molar-refractivity contribution in [2.75, 3.05) is 7.05 Å². The lowest BCUT2D eigenvalue weighted by atomic mass is 10.2. The highest BCUT2D eigenvalue weighted by molar-refractivity contribution is 9.10. The SMILES string of the molecule is CNCc1cccn1Cc1ccc(Br)cc1[N+](=O)[O-]. The summed E-state index contributed by atoms with van der Waals surface area (Å²) >= 11 is 3.26. The van der Waals surface area contributed by atoms with Crippen LogP contribution in [0.2, 0.25) is 0 Å². The van der Waals surface area contributed by atoms with E-state index in [1.54, 1.807) is 6.07 Å². The Morgan fingerprint density at radius 2 is 2.21 bits per heavy atom. The number of halogens is 1. The Hall–Kier alpha value is -1.66. The molecule has 1 aromatic carbocycles. The predicted octanol–water partition coefficient (Wildman–Crippen LogP) is 2.93. The monoisotopic (exact) mass is 323 g/mol. The summed E-state index contributed by atoms with van der Waals surface area (Å²) in [5.74, 6) is 0. The van der Waals surface area contributed by atoms with Crippen molar-refractivity contribution in [2.24, 2.45) is 0 Å². The standard InChI is InChI=1S/C13H14BrN3O2/c1-15-8-12-3-2-6-16(12)9-10-4-5-11(14)7-13(10)17(18)19/h2-7,15H,8-9H2,1H3. The molecule has 0 fully saturated rings. The van der Waals surface area contributed by atoms with Crippen molar-refractivity contribution < 1.29 is 4.92 Å². The number of nitrogens with one attached hydrogen (secondary N) is 1. The largest absolute Gasteiger partial charge is 0.346 e. The molecule has 0 unspecified atom stereocenters. The van der Waals surface area contributed by atoms with Crippen LogP contribution in [-0.2, 0) is 13.1 Å². The number of nitro groups is 1. The summed E-state index contributed by atoms with van der Waals surface area (Å²) in [5, 5.41) is 14.2. The molecular weight excluding hydrogens is 310 g/mol. The maximum absolute atomic E-state index is 11.1. The summed E-state index contributed by atoms with van der Waals surface area (Å²) in [7, 11) is 1.87. The Morgan fingerprint density at radius 1 is 1.42 bits per heavy atom. The summed E-state index contributed by atoms with van der Waals surface area (Å²) in [6, 6.07) is 9.09. The highest BCUT2D eigenvalue weighted by Gasteiger charge is 2.15. The van der Waals surface area contributed by atoms with Gasteiger partial charge in [-0.15, -0.1) is 0 Å². The summed E-state index contributed by atoms with van der Waals surface area (Å²) in [4.78, 5) is 10.7. The Kier molecular flexibility index (Phi) is 4.34. The van der Waals surface area contributed by atoms with Crippen molar-refractivity contribution >= 4 is 21.6 Å². The van der Waals surface area contributed by atoms with Gasteiger partial charge >= 0.3 is 0 Å². The average Bonchev–Trinajstić information content (AvgIpc) is 2.79. The fourth-order valence-corrected chi connectivity index (χ4v) is 2.32. The van der Waals surface area contributed by atoms with E-state index in [4.69, 9.17) is 0 Å². The molecular formula is C13H14BrN3O2. The minimum absolute atomic E-state index is 0.137. The zero-order valence-electron chi connectivity index (χ0n) is 10.5. The maximum atomic E-state index is 11.1. The van der Waals surface area contributed by atoms with E-state index in [0.29, 0.717) is 16.6 Å². The van der Waals surface area contributed by atoms with Gasteiger partial charge in [-0.3, -0.25) is 10.1 Å². The second kappa shape index (κ2) is 5.99. The van der Waals surface area contributed by atoms with Crippen LogP contribution in [0.3, 0.4) is 0 Å². The number of nitrogens with zero attached hydrogens (tertiary/aromatic N) is 2. The van der Waals surface area contributed by atoms with E-state index in [-0.39, 0.29) is 10.6 Å². The first-order valence-electron chi connectivity index (χ1n) is 5.83. The van der Waals surface area contributed by atoms with Crippen LogP contribution >= 0.6 is 15.9 Å². The van der Waals surface area contributed by atoms with Crippen LogP contribution in [0.4, 0.5) is 5.69 Å². The van der Waals surface area contributed by atoms with Gasteiger partial charge in [-0.05, 0) is 31.3 Å². The van der Waals surface area contributed by atoms with Crippen molar-refractivity contribution in [2.45, 2.75) is 13.1 Å². The molecule has 0 atom stereocenters. The minimum Gasteiger partial charge on any atom is -0.346 e. The van der Waals surface area contributed by atoms with E-state index >= 15 is 0 Å². The third-order valence-electron chi connectivity index (χ3n) is 2.87. The van der Waals surface area contributed by atoms with Gasteiger partial charge in [0.15, 0.2) is 0 Å². The zero-order valence-corrected chi connectivity index (χ0v) is 12.1. The van der Waals surface area contributed by atoms with Crippen LogP contribution in [0.25, 0.3) is 0 Å².